The third-order valence-electron chi connectivity index (χ3n) is 2.58. The minimum absolute atomic E-state index is 0.144. The molecule has 1 amide bonds. The number of hydrogen-bond donors (Lipinski definition) is 3. The Morgan fingerprint density at radius 2 is 2.21 bits per heavy atom. The van der Waals surface area contributed by atoms with Gasteiger partial charge in [-0.2, -0.15) is 0 Å². The van der Waals surface area contributed by atoms with Crippen molar-refractivity contribution in [2.24, 2.45) is 0 Å². The summed E-state index contributed by atoms with van der Waals surface area (Å²) < 4.78 is 4.97. The van der Waals surface area contributed by atoms with Crippen molar-refractivity contribution in [1.82, 2.24) is 5.32 Å². The van der Waals surface area contributed by atoms with Crippen molar-refractivity contribution in [2.45, 2.75) is 18.9 Å². The van der Waals surface area contributed by atoms with Crippen molar-refractivity contribution in [2.75, 3.05) is 19.4 Å². The highest BCUT2D eigenvalue weighted by Gasteiger charge is 2.13. The van der Waals surface area contributed by atoms with E-state index >= 15 is 0 Å². The summed E-state index contributed by atoms with van der Waals surface area (Å²) >= 11 is 0. The van der Waals surface area contributed by atoms with Gasteiger partial charge in [-0.3, -0.25) is 9.59 Å². The van der Waals surface area contributed by atoms with E-state index in [0.29, 0.717) is 5.69 Å². The lowest BCUT2D eigenvalue weighted by Gasteiger charge is -2.14. The van der Waals surface area contributed by atoms with Crippen molar-refractivity contribution in [3.05, 3.63) is 29.8 Å². The summed E-state index contributed by atoms with van der Waals surface area (Å²) in [7, 11) is 1.41. The van der Waals surface area contributed by atoms with E-state index in [-0.39, 0.29) is 25.3 Å². The van der Waals surface area contributed by atoms with Gasteiger partial charge in [-0.05, 0) is 17.7 Å². The number of anilines is 1. The molecule has 0 fully saturated rings. The lowest BCUT2D eigenvalue weighted by Crippen LogP contribution is -2.35. The van der Waals surface area contributed by atoms with Gasteiger partial charge in [-0.1, -0.05) is 12.1 Å². The lowest BCUT2D eigenvalue weighted by molar-refractivity contribution is -0.140. The second-order valence-electron chi connectivity index (χ2n) is 4.18. The molecular formula is C13H18N2O4. The molecule has 0 spiro atoms. The zero-order chi connectivity index (χ0) is 14.3. The van der Waals surface area contributed by atoms with Crippen LogP contribution in [0.2, 0.25) is 0 Å². The highest BCUT2D eigenvalue weighted by Crippen LogP contribution is 2.07. The summed E-state index contributed by atoms with van der Waals surface area (Å²) in [4.78, 5) is 22.2. The minimum atomic E-state index is -0.961. The van der Waals surface area contributed by atoms with E-state index in [0.717, 1.165) is 5.56 Å². The molecule has 0 aliphatic carbocycles. The predicted molar refractivity (Wildman–Crippen MR) is 70.6 cm³/mol. The number of aliphatic carboxylic acids is 1. The Balaban J connectivity index is 2.40. The first-order chi connectivity index (χ1) is 9.01. The van der Waals surface area contributed by atoms with Crippen LogP contribution in [-0.4, -0.2) is 36.7 Å². The van der Waals surface area contributed by atoms with E-state index < -0.39 is 12.1 Å². The molecule has 0 radical (unpaired) electrons. The van der Waals surface area contributed by atoms with Crippen molar-refractivity contribution < 1.29 is 19.4 Å². The smallest absolute Gasteiger partial charge is 0.306 e. The van der Waals surface area contributed by atoms with Crippen LogP contribution in [-0.2, 0) is 20.7 Å². The van der Waals surface area contributed by atoms with E-state index in [2.05, 4.69) is 5.32 Å². The van der Waals surface area contributed by atoms with Gasteiger partial charge < -0.3 is 20.9 Å². The molecule has 6 nitrogen and oxygen atoms in total. The Morgan fingerprint density at radius 3 is 2.79 bits per heavy atom. The van der Waals surface area contributed by atoms with Gasteiger partial charge in [0.1, 0.15) is 0 Å². The average molecular weight is 266 g/mol. The van der Waals surface area contributed by atoms with E-state index in [1.165, 1.54) is 7.11 Å². The Labute approximate surface area is 111 Å². The molecule has 19 heavy (non-hydrogen) atoms. The number of nitrogens with one attached hydrogen (secondary N) is 1. The topological polar surface area (TPSA) is 102 Å². The molecule has 1 rings (SSSR count). The van der Waals surface area contributed by atoms with Gasteiger partial charge in [0.2, 0.25) is 5.91 Å². The molecule has 0 aromatic heterocycles. The molecule has 0 bridgehead atoms. The van der Waals surface area contributed by atoms with Crippen LogP contribution >= 0.6 is 0 Å². The van der Waals surface area contributed by atoms with Crippen molar-refractivity contribution in [3.63, 3.8) is 0 Å². The number of nitrogen functional groups attached to an aromatic ring is 1. The number of carboxylic acid groups (broad SMARTS) is 1. The summed E-state index contributed by atoms with van der Waals surface area (Å²) in [6.45, 7) is 0.171. The maximum absolute atomic E-state index is 11.7. The molecule has 1 unspecified atom stereocenters. The van der Waals surface area contributed by atoms with Gasteiger partial charge in [0.05, 0.1) is 18.9 Å². The van der Waals surface area contributed by atoms with Crippen LogP contribution < -0.4 is 11.1 Å². The molecule has 0 aliphatic rings. The maximum Gasteiger partial charge on any atom is 0.306 e. The van der Waals surface area contributed by atoms with Crippen molar-refractivity contribution >= 4 is 17.6 Å². The molecule has 0 saturated heterocycles. The van der Waals surface area contributed by atoms with Crippen LogP contribution in [0.5, 0.6) is 0 Å². The number of amides is 1. The van der Waals surface area contributed by atoms with Crippen LogP contribution in [0.25, 0.3) is 0 Å². The monoisotopic (exact) mass is 266 g/mol. The van der Waals surface area contributed by atoms with Crippen LogP contribution in [0.15, 0.2) is 24.3 Å². The number of nitrogens with two attached hydrogens (primary N) is 1. The number of hydrogen-bond acceptors (Lipinski definition) is 4. The average Bonchev–Trinajstić information content (AvgIpc) is 2.34. The second-order valence-corrected chi connectivity index (χ2v) is 4.18. The summed E-state index contributed by atoms with van der Waals surface area (Å²) in [5.74, 6) is -1.16. The fourth-order valence-electron chi connectivity index (χ4n) is 1.61. The highest BCUT2D eigenvalue weighted by atomic mass is 16.5. The maximum atomic E-state index is 11.7. The van der Waals surface area contributed by atoms with Gasteiger partial charge in [-0.15, -0.1) is 0 Å². The normalized spacial score (nSPS) is 11.8. The van der Waals surface area contributed by atoms with Gasteiger partial charge in [-0.25, -0.2) is 0 Å². The van der Waals surface area contributed by atoms with Crippen LogP contribution in [0.4, 0.5) is 5.69 Å². The first-order valence-electron chi connectivity index (χ1n) is 5.87. The Morgan fingerprint density at radius 1 is 1.47 bits per heavy atom. The number of carbonyl (C=O) groups excluding carboxylic acids is 1. The SMILES string of the molecule is COC(CNC(=O)Cc1cccc(N)c1)CC(=O)O. The van der Waals surface area contributed by atoms with E-state index in [1.54, 1.807) is 24.3 Å². The van der Waals surface area contributed by atoms with E-state index in [1.807, 2.05) is 0 Å². The molecular weight excluding hydrogens is 248 g/mol. The van der Waals surface area contributed by atoms with E-state index in [4.69, 9.17) is 15.6 Å². The zero-order valence-corrected chi connectivity index (χ0v) is 10.8. The number of benzene rings is 1. The van der Waals surface area contributed by atoms with Crippen LogP contribution in [0, 0.1) is 0 Å². The Kier molecular flexibility index (Phi) is 5.81. The lowest BCUT2D eigenvalue weighted by atomic mass is 10.1. The molecule has 1 aromatic carbocycles. The molecule has 1 atom stereocenters. The van der Waals surface area contributed by atoms with E-state index in [9.17, 15) is 9.59 Å². The molecule has 104 valence electrons. The fourth-order valence-corrected chi connectivity index (χ4v) is 1.61. The molecule has 0 saturated carbocycles. The summed E-state index contributed by atoms with van der Waals surface area (Å²) in [6, 6.07) is 7.06. The number of carboxylic acids is 1. The van der Waals surface area contributed by atoms with Gasteiger partial charge in [0.15, 0.2) is 0 Å². The highest BCUT2D eigenvalue weighted by molar-refractivity contribution is 5.79. The summed E-state index contributed by atoms with van der Waals surface area (Å²) in [5.41, 5.74) is 7.03. The molecule has 0 heterocycles. The third kappa shape index (κ3) is 5.87. The first kappa shape index (κ1) is 15.0. The number of carbonyl (C=O) groups is 2. The van der Waals surface area contributed by atoms with Crippen molar-refractivity contribution in [1.29, 1.82) is 0 Å². The second kappa shape index (κ2) is 7.38. The first-order valence-corrected chi connectivity index (χ1v) is 5.87. The number of methoxy groups -OCH3 is 1. The predicted octanol–water partition coefficient (Wildman–Crippen LogP) is 0.417. The number of rotatable bonds is 7. The summed E-state index contributed by atoms with van der Waals surface area (Å²) in [6.07, 6.45) is -0.467. The molecule has 1 aromatic rings. The Hall–Kier alpha value is -2.08. The standard InChI is InChI=1S/C13H18N2O4/c1-19-11(7-13(17)18)8-15-12(16)6-9-3-2-4-10(14)5-9/h2-5,11H,6-8,14H2,1H3,(H,15,16)(H,17,18). The fraction of sp³-hybridized carbons (Fsp3) is 0.385. The van der Waals surface area contributed by atoms with Gasteiger partial charge in [0, 0.05) is 19.3 Å². The zero-order valence-electron chi connectivity index (χ0n) is 10.8. The van der Waals surface area contributed by atoms with Gasteiger partial charge >= 0.3 is 5.97 Å². The largest absolute Gasteiger partial charge is 0.481 e. The van der Waals surface area contributed by atoms with Crippen LogP contribution in [0.1, 0.15) is 12.0 Å². The van der Waals surface area contributed by atoms with Crippen LogP contribution in [0.3, 0.4) is 0 Å². The number of ether oxygens (including phenoxy) is 1. The van der Waals surface area contributed by atoms with Crippen molar-refractivity contribution in [3.8, 4) is 0 Å². The molecule has 4 N–H and O–H groups in total. The molecule has 0 aliphatic heterocycles. The summed E-state index contributed by atoms with van der Waals surface area (Å²) in [5, 5.41) is 11.3. The molecule has 6 heteroatoms. The minimum Gasteiger partial charge on any atom is -0.481 e. The van der Waals surface area contributed by atoms with Gasteiger partial charge in [0.25, 0.3) is 0 Å². The quantitative estimate of drug-likeness (QED) is 0.621. The third-order valence-corrected chi connectivity index (χ3v) is 2.58. The Bertz CT molecular complexity index is 448.